The fourth-order valence-corrected chi connectivity index (χ4v) is 4.22. The molecule has 2 fully saturated rings. The second-order valence-corrected chi connectivity index (χ2v) is 8.48. The van der Waals surface area contributed by atoms with Gasteiger partial charge in [0.2, 0.25) is 0 Å². The molecule has 1 aromatic carbocycles. The molecule has 180 valence electrons. The van der Waals surface area contributed by atoms with Gasteiger partial charge >= 0.3 is 0 Å². The summed E-state index contributed by atoms with van der Waals surface area (Å²) in [7, 11) is 0. The molecule has 2 heterocycles. The summed E-state index contributed by atoms with van der Waals surface area (Å²) in [4.78, 5) is 7.38. The Morgan fingerprint density at radius 2 is 1.91 bits per heavy atom. The molecule has 1 saturated heterocycles. The molecule has 1 aliphatic carbocycles. The van der Waals surface area contributed by atoms with E-state index in [1.165, 1.54) is 24.8 Å². The molecule has 2 aromatic rings. The van der Waals surface area contributed by atoms with Crippen LogP contribution in [0.5, 0.6) is 0 Å². The van der Waals surface area contributed by atoms with E-state index < -0.39 is 0 Å². The second kappa shape index (κ2) is 12.4. The van der Waals surface area contributed by atoms with Crippen LogP contribution < -0.4 is 11.1 Å². The first-order chi connectivity index (χ1) is 17.1. The van der Waals surface area contributed by atoms with Crippen LogP contribution in [0.25, 0.3) is 17.0 Å². The molecule has 1 saturated carbocycles. The van der Waals surface area contributed by atoms with Crippen molar-refractivity contribution < 1.29 is 0 Å². The molecule has 6 heteroatoms. The number of aromatic nitrogens is 1. The number of rotatable bonds is 7. The Hall–Kier alpha value is -4.11. The molecule has 0 atom stereocenters. The smallest absolute Gasteiger partial charge is 0.110 e. The van der Waals surface area contributed by atoms with Gasteiger partial charge in [0.25, 0.3) is 0 Å². The molecule has 4 N–H and O–H groups in total. The standard InChI is InChI=1S/C28H31N5.CH3N/c1-3-9-26(33-16-6-5-7-17-33)24(4-2)31-27(21-12-13-21)28-23(30)14-15-25(32-28)22-11-8-10-20(18-22)19-29;1-2/h3-4,8-11,14-15,18,31H,2,5-7,12-13,16-17,30H2,1H3;2H,1H2/b9-3-,26-24-;. The zero-order valence-electron chi connectivity index (χ0n) is 20.5. The summed E-state index contributed by atoms with van der Waals surface area (Å²) >= 11 is 0. The van der Waals surface area contributed by atoms with Gasteiger partial charge in [-0.25, -0.2) is 4.98 Å². The zero-order chi connectivity index (χ0) is 25.2. The maximum Gasteiger partial charge on any atom is 0.110 e. The van der Waals surface area contributed by atoms with Crippen LogP contribution in [0.4, 0.5) is 5.69 Å². The highest BCUT2D eigenvalue weighted by Crippen LogP contribution is 2.37. The highest BCUT2D eigenvalue weighted by Gasteiger charge is 2.24. The van der Waals surface area contributed by atoms with E-state index in [0.717, 1.165) is 60.0 Å². The number of nitrogen functional groups attached to an aromatic ring is 1. The Kier molecular flexibility index (Phi) is 9.02. The summed E-state index contributed by atoms with van der Waals surface area (Å²) in [5.41, 5.74) is 14.5. The number of anilines is 1. The predicted octanol–water partition coefficient (Wildman–Crippen LogP) is 6.02. The van der Waals surface area contributed by atoms with Crippen molar-refractivity contribution in [3.05, 3.63) is 89.4 Å². The van der Waals surface area contributed by atoms with Crippen molar-refractivity contribution in [2.75, 3.05) is 18.8 Å². The maximum absolute atomic E-state index is 9.27. The third-order valence-electron chi connectivity index (χ3n) is 6.07. The van der Waals surface area contributed by atoms with Gasteiger partial charge in [0.05, 0.1) is 40.1 Å². The molecule has 4 rings (SSSR count). The predicted molar refractivity (Wildman–Crippen MR) is 145 cm³/mol. The number of nitrogens with two attached hydrogens (primary N) is 1. The summed E-state index contributed by atoms with van der Waals surface area (Å²) in [6, 6.07) is 13.5. The molecular formula is C29H34N6. The molecule has 2 aliphatic rings. The molecule has 0 unspecified atom stereocenters. The number of nitriles is 1. The highest BCUT2D eigenvalue weighted by atomic mass is 15.2. The van der Waals surface area contributed by atoms with E-state index in [9.17, 15) is 5.26 Å². The van der Waals surface area contributed by atoms with Gasteiger partial charge in [-0.15, -0.1) is 0 Å². The SMILES string of the molecule is C=C/C(NC(=C1CC1)c1nc(-c2cccc(C#N)c2)ccc1N)=C(\C=C/C)N1CCCCC1.C=N. The van der Waals surface area contributed by atoms with E-state index in [1.807, 2.05) is 43.3 Å². The van der Waals surface area contributed by atoms with Crippen molar-refractivity contribution in [3.8, 4) is 17.3 Å². The minimum atomic E-state index is 0.612. The number of nitrogens with zero attached hydrogens (tertiary/aromatic N) is 3. The van der Waals surface area contributed by atoms with Gasteiger partial charge in [-0.1, -0.05) is 24.8 Å². The van der Waals surface area contributed by atoms with Gasteiger partial charge in [0.15, 0.2) is 0 Å². The summed E-state index contributed by atoms with van der Waals surface area (Å²) in [6.45, 7) is 10.8. The van der Waals surface area contributed by atoms with Crippen LogP contribution in [0.2, 0.25) is 0 Å². The monoisotopic (exact) mass is 466 g/mol. The van der Waals surface area contributed by atoms with Crippen molar-refractivity contribution in [3.63, 3.8) is 0 Å². The molecule has 6 nitrogen and oxygen atoms in total. The maximum atomic E-state index is 9.27. The van der Waals surface area contributed by atoms with Gasteiger partial charge in [-0.2, -0.15) is 5.26 Å². The number of nitrogens with one attached hydrogen (secondary N) is 2. The summed E-state index contributed by atoms with van der Waals surface area (Å²) in [5, 5.41) is 18.4. The zero-order valence-corrected chi connectivity index (χ0v) is 20.5. The molecule has 0 bridgehead atoms. The minimum absolute atomic E-state index is 0.612. The van der Waals surface area contributed by atoms with E-state index in [4.69, 9.17) is 16.1 Å². The van der Waals surface area contributed by atoms with Gasteiger partial charge in [0.1, 0.15) is 5.69 Å². The van der Waals surface area contributed by atoms with Crippen LogP contribution in [0, 0.1) is 16.7 Å². The van der Waals surface area contributed by atoms with Crippen LogP contribution in [0.3, 0.4) is 0 Å². The van der Waals surface area contributed by atoms with Crippen molar-refractivity contribution in [2.45, 2.75) is 39.0 Å². The van der Waals surface area contributed by atoms with Crippen LogP contribution >= 0.6 is 0 Å². The van der Waals surface area contributed by atoms with Crippen LogP contribution in [0.1, 0.15) is 50.3 Å². The quantitative estimate of drug-likeness (QED) is 0.342. The molecule has 35 heavy (non-hydrogen) atoms. The molecule has 0 spiro atoms. The van der Waals surface area contributed by atoms with E-state index >= 15 is 0 Å². The number of piperidine rings is 1. The largest absolute Gasteiger partial charge is 0.397 e. The molecule has 1 aliphatic heterocycles. The van der Waals surface area contributed by atoms with Crippen molar-refractivity contribution in [1.82, 2.24) is 15.2 Å². The van der Waals surface area contributed by atoms with E-state index in [1.54, 1.807) is 6.07 Å². The van der Waals surface area contributed by atoms with Gasteiger partial charge in [-0.3, -0.25) is 0 Å². The third-order valence-corrected chi connectivity index (χ3v) is 6.07. The van der Waals surface area contributed by atoms with Crippen molar-refractivity contribution in [2.24, 2.45) is 0 Å². The Morgan fingerprint density at radius 3 is 2.54 bits per heavy atom. The number of pyridine rings is 1. The van der Waals surface area contributed by atoms with E-state index in [2.05, 4.69) is 41.7 Å². The van der Waals surface area contributed by atoms with Crippen LogP contribution in [0.15, 0.2) is 78.2 Å². The molecule has 0 radical (unpaired) electrons. The first-order valence-electron chi connectivity index (χ1n) is 12.0. The fraction of sp³-hybridized carbons (Fsp3) is 0.276. The topological polar surface area (TPSA) is 102 Å². The Balaban J connectivity index is 0.00000167. The Morgan fingerprint density at radius 1 is 1.17 bits per heavy atom. The first kappa shape index (κ1) is 25.5. The van der Waals surface area contributed by atoms with Gasteiger partial charge < -0.3 is 21.4 Å². The number of likely N-dealkylation sites (tertiary alicyclic amines) is 1. The number of allylic oxidation sites excluding steroid dienone is 4. The van der Waals surface area contributed by atoms with E-state index in [-0.39, 0.29) is 0 Å². The van der Waals surface area contributed by atoms with Gasteiger partial charge in [-0.05, 0) is 87.7 Å². The number of hydrogen-bond donors (Lipinski definition) is 3. The average Bonchev–Trinajstić information content (AvgIpc) is 3.76. The first-order valence-corrected chi connectivity index (χ1v) is 12.0. The lowest BCUT2D eigenvalue weighted by atomic mass is 10.1. The van der Waals surface area contributed by atoms with Crippen molar-refractivity contribution in [1.29, 1.82) is 10.7 Å². The summed E-state index contributed by atoms with van der Waals surface area (Å²) in [5.74, 6) is 0. The molecule has 0 amide bonds. The number of benzene rings is 1. The molecular weight excluding hydrogens is 432 g/mol. The summed E-state index contributed by atoms with van der Waals surface area (Å²) in [6.07, 6.45) is 11.9. The fourth-order valence-electron chi connectivity index (χ4n) is 4.22. The third kappa shape index (κ3) is 6.27. The molecule has 1 aromatic heterocycles. The lowest BCUT2D eigenvalue weighted by Gasteiger charge is -2.31. The summed E-state index contributed by atoms with van der Waals surface area (Å²) < 4.78 is 0. The Labute approximate surface area is 208 Å². The van der Waals surface area contributed by atoms with Crippen molar-refractivity contribution >= 4 is 18.1 Å². The average molecular weight is 467 g/mol. The lowest BCUT2D eigenvalue weighted by molar-refractivity contribution is 0.290. The normalized spacial score (nSPS) is 15.4. The second-order valence-electron chi connectivity index (χ2n) is 8.48. The number of hydrogen-bond acceptors (Lipinski definition) is 6. The van der Waals surface area contributed by atoms with E-state index in [0.29, 0.717) is 11.3 Å². The Bertz CT molecular complexity index is 1190. The minimum Gasteiger partial charge on any atom is -0.397 e. The van der Waals surface area contributed by atoms with Gasteiger partial charge in [0, 0.05) is 18.7 Å². The lowest BCUT2D eigenvalue weighted by Crippen LogP contribution is -2.31. The van der Waals surface area contributed by atoms with Crippen LogP contribution in [-0.4, -0.2) is 29.7 Å². The highest BCUT2D eigenvalue weighted by molar-refractivity contribution is 5.79. The van der Waals surface area contributed by atoms with Crippen LogP contribution in [-0.2, 0) is 0 Å².